The standard InChI is InChI=1S/C26H26N10O3S2/c1-13-12-40-25(31-13)19-6-3-14(9-28-19)18-10-30-36-23(27)22(41(2,38)39)21(32-24(18)36)15-7-16-4-5-17(8-15)35(16)26(37)20-11-29-34-33-20/h3,6,9-12,15-17H,4-5,7-8,27H2,1-2H3,(H,29,33,34)/t15-,16+,17-. The van der Waals surface area contributed by atoms with Crippen LogP contribution in [-0.4, -0.2) is 77.5 Å². The van der Waals surface area contributed by atoms with Crippen LogP contribution in [0.25, 0.3) is 27.5 Å². The van der Waals surface area contributed by atoms with Crippen molar-refractivity contribution in [2.24, 2.45) is 0 Å². The van der Waals surface area contributed by atoms with E-state index < -0.39 is 9.84 Å². The molecule has 5 aromatic rings. The molecule has 0 aliphatic carbocycles. The number of nitrogens with one attached hydrogen (secondary N) is 1. The van der Waals surface area contributed by atoms with Crippen molar-refractivity contribution in [2.75, 3.05) is 12.0 Å². The SMILES string of the molecule is Cc1csc(-c2ccc(-c3cnn4c(N)c(S(C)(=O)=O)c([C@H]5C[C@H]6CC[C@@H](C5)N6C(=O)c5cn[nH]n5)nc34)cn2)n1. The summed E-state index contributed by atoms with van der Waals surface area (Å²) < 4.78 is 27.5. The van der Waals surface area contributed by atoms with Gasteiger partial charge in [0, 0.05) is 52.7 Å². The molecule has 2 aliphatic rings. The normalized spacial score (nSPS) is 20.6. The van der Waals surface area contributed by atoms with Crippen LogP contribution in [0.4, 0.5) is 5.82 Å². The van der Waals surface area contributed by atoms with Gasteiger partial charge in [0.25, 0.3) is 5.91 Å². The lowest BCUT2D eigenvalue weighted by molar-refractivity contribution is 0.0562. The molecule has 13 nitrogen and oxygen atoms in total. The predicted molar refractivity (Wildman–Crippen MR) is 151 cm³/mol. The van der Waals surface area contributed by atoms with Crippen LogP contribution in [0, 0.1) is 6.92 Å². The Hall–Kier alpha value is -4.24. The zero-order valence-corrected chi connectivity index (χ0v) is 23.9. The molecular formula is C26H26N10O3S2. The minimum absolute atomic E-state index is 0.00654. The molecule has 3 atom stereocenters. The third-order valence-electron chi connectivity index (χ3n) is 7.94. The molecule has 0 saturated carbocycles. The quantitative estimate of drug-likeness (QED) is 0.309. The maximum Gasteiger partial charge on any atom is 0.276 e. The molecule has 0 unspecified atom stereocenters. The molecule has 2 aliphatic heterocycles. The number of aryl methyl sites for hydroxylation is 1. The topological polar surface area (TPSA) is 178 Å². The van der Waals surface area contributed by atoms with Gasteiger partial charge in [-0.2, -0.15) is 25.0 Å². The number of amides is 1. The average molecular weight is 591 g/mol. The van der Waals surface area contributed by atoms with Gasteiger partial charge in [0.05, 0.1) is 23.8 Å². The van der Waals surface area contributed by atoms with E-state index in [-0.39, 0.29) is 40.3 Å². The zero-order chi connectivity index (χ0) is 28.5. The van der Waals surface area contributed by atoms with Crippen molar-refractivity contribution in [3.63, 3.8) is 0 Å². The van der Waals surface area contributed by atoms with Crippen LogP contribution >= 0.6 is 11.3 Å². The van der Waals surface area contributed by atoms with E-state index in [9.17, 15) is 13.2 Å². The van der Waals surface area contributed by atoms with Crippen molar-refractivity contribution in [1.82, 2.24) is 44.9 Å². The number of thiazole rings is 1. The number of rotatable bonds is 5. The Morgan fingerprint density at radius 2 is 1.90 bits per heavy atom. The Balaban J connectivity index is 1.28. The summed E-state index contributed by atoms with van der Waals surface area (Å²) in [6.07, 6.45) is 8.71. The van der Waals surface area contributed by atoms with E-state index in [0.717, 1.165) is 41.1 Å². The maximum absolute atomic E-state index is 13.2. The lowest BCUT2D eigenvalue weighted by atomic mass is 9.87. The molecule has 41 heavy (non-hydrogen) atoms. The number of carbonyl (C=O) groups is 1. The van der Waals surface area contributed by atoms with Gasteiger partial charge >= 0.3 is 0 Å². The summed E-state index contributed by atoms with van der Waals surface area (Å²) in [5.41, 5.74) is 10.8. The molecule has 210 valence electrons. The highest BCUT2D eigenvalue weighted by molar-refractivity contribution is 7.91. The van der Waals surface area contributed by atoms with Crippen molar-refractivity contribution < 1.29 is 13.2 Å². The fraction of sp³-hybridized carbons (Fsp3) is 0.346. The van der Waals surface area contributed by atoms with Gasteiger partial charge in [-0.25, -0.2) is 18.4 Å². The first-order chi connectivity index (χ1) is 19.7. The number of nitrogens with zero attached hydrogens (tertiary/aromatic N) is 8. The Bertz CT molecular complexity index is 1880. The van der Waals surface area contributed by atoms with Crippen molar-refractivity contribution >= 4 is 38.5 Å². The molecule has 7 rings (SSSR count). The number of carbonyl (C=O) groups excluding carboxylic acids is 1. The summed E-state index contributed by atoms with van der Waals surface area (Å²) in [5.74, 6) is -0.352. The second-order valence-corrected chi connectivity index (χ2v) is 13.4. The molecule has 2 fully saturated rings. The molecule has 2 bridgehead atoms. The van der Waals surface area contributed by atoms with Gasteiger partial charge < -0.3 is 10.6 Å². The Morgan fingerprint density at radius 3 is 2.51 bits per heavy atom. The summed E-state index contributed by atoms with van der Waals surface area (Å²) in [5, 5.41) is 17.4. The summed E-state index contributed by atoms with van der Waals surface area (Å²) >= 11 is 1.53. The van der Waals surface area contributed by atoms with Crippen LogP contribution in [0.2, 0.25) is 0 Å². The summed E-state index contributed by atoms with van der Waals surface area (Å²) in [7, 11) is -3.74. The van der Waals surface area contributed by atoms with E-state index in [4.69, 9.17) is 10.7 Å². The lowest BCUT2D eigenvalue weighted by Gasteiger charge is -2.38. The molecule has 1 amide bonds. The molecule has 5 aromatic heterocycles. The Labute approximate surface area is 238 Å². The van der Waals surface area contributed by atoms with Crippen LogP contribution in [0.5, 0.6) is 0 Å². The predicted octanol–water partition coefficient (Wildman–Crippen LogP) is 2.88. The summed E-state index contributed by atoms with van der Waals surface area (Å²) in [6, 6.07) is 3.69. The van der Waals surface area contributed by atoms with E-state index in [2.05, 4.69) is 30.5 Å². The van der Waals surface area contributed by atoms with Gasteiger partial charge in [0.2, 0.25) is 0 Å². The number of hydrogen-bond donors (Lipinski definition) is 2. The molecule has 3 N–H and O–H groups in total. The monoisotopic (exact) mass is 590 g/mol. The van der Waals surface area contributed by atoms with Crippen molar-refractivity contribution in [1.29, 1.82) is 0 Å². The fourth-order valence-corrected chi connectivity index (χ4v) is 8.03. The van der Waals surface area contributed by atoms with Crippen molar-refractivity contribution in [3.8, 4) is 21.8 Å². The number of hydrogen-bond acceptors (Lipinski definition) is 11. The highest BCUT2D eigenvalue weighted by Crippen LogP contribution is 2.45. The first-order valence-corrected chi connectivity index (χ1v) is 15.9. The Morgan fingerprint density at radius 1 is 1.12 bits per heavy atom. The molecule has 0 aromatic carbocycles. The minimum atomic E-state index is -3.74. The van der Waals surface area contributed by atoms with E-state index in [1.807, 2.05) is 29.3 Å². The highest BCUT2D eigenvalue weighted by Gasteiger charge is 2.46. The summed E-state index contributed by atoms with van der Waals surface area (Å²) in [4.78, 5) is 29.1. The van der Waals surface area contributed by atoms with Crippen molar-refractivity contribution in [3.05, 3.63) is 53.2 Å². The Kier molecular flexibility index (Phi) is 5.90. The smallest absolute Gasteiger partial charge is 0.276 e. The van der Waals surface area contributed by atoms with Gasteiger partial charge in [0.15, 0.2) is 21.2 Å². The zero-order valence-electron chi connectivity index (χ0n) is 22.2. The number of nitrogen functional groups attached to an aromatic ring is 1. The van der Waals surface area contributed by atoms with Crippen LogP contribution in [0.3, 0.4) is 0 Å². The molecule has 0 radical (unpaired) electrons. The lowest BCUT2D eigenvalue weighted by Crippen LogP contribution is -2.46. The van der Waals surface area contributed by atoms with Crippen LogP contribution in [-0.2, 0) is 9.84 Å². The first kappa shape index (κ1) is 25.7. The van der Waals surface area contributed by atoms with Gasteiger partial charge in [-0.3, -0.25) is 9.78 Å². The average Bonchev–Trinajstić information content (AvgIpc) is 3.74. The third-order valence-corrected chi connectivity index (χ3v) is 10.1. The number of sulfone groups is 1. The molecule has 0 spiro atoms. The van der Waals surface area contributed by atoms with Gasteiger partial charge in [0.1, 0.15) is 15.7 Å². The van der Waals surface area contributed by atoms with Crippen molar-refractivity contribution in [2.45, 2.75) is 55.5 Å². The molecule has 7 heterocycles. The van der Waals surface area contributed by atoms with E-state index >= 15 is 0 Å². The molecular weight excluding hydrogens is 564 g/mol. The number of anilines is 1. The number of aromatic amines is 1. The summed E-state index contributed by atoms with van der Waals surface area (Å²) in [6.45, 7) is 1.94. The van der Waals surface area contributed by atoms with Crippen LogP contribution in [0.1, 0.15) is 53.5 Å². The number of aromatic nitrogens is 8. The van der Waals surface area contributed by atoms with Crippen LogP contribution in [0.15, 0.2) is 41.0 Å². The van der Waals surface area contributed by atoms with Gasteiger partial charge in [-0.1, -0.05) is 6.07 Å². The van der Waals surface area contributed by atoms with Gasteiger partial charge in [-0.05, 0) is 38.7 Å². The minimum Gasteiger partial charge on any atom is -0.382 e. The number of piperidine rings is 1. The highest BCUT2D eigenvalue weighted by atomic mass is 32.2. The van der Waals surface area contributed by atoms with E-state index in [0.29, 0.717) is 29.7 Å². The maximum atomic E-state index is 13.2. The number of pyridine rings is 1. The van der Waals surface area contributed by atoms with Crippen LogP contribution < -0.4 is 5.73 Å². The first-order valence-electron chi connectivity index (χ1n) is 13.1. The van der Waals surface area contributed by atoms with Gasteiger partial charge in [-0.15, -0.1) is 11.3 Å². The fourth-order valence-electron chi connectivity index (χ4n) is 6.20. The second-order valence-electron chi connectivity index (χ2n) is 10.6. The molecule has 2 saturated heterocycles. The van der Waals surface area contributed by atoms with E-state index in [1.165, 1.54) is 22.0 Å². The van der Waals surface area contributed by atoms with E-state index in [1.54, 1.807) is 12.4 Å². The second kappa shape index (κ2) is 9.41. The number of H-pyrrole nitrogens is 1. The largest absolute Gasteiger partial charge is 0.382 e. The number of nitrogens with two attached hydrogens (primary N) is 1. The molecule has 15 heteroatoms. The number of fused-ring (bicyclic) bond motifs is 3. The third kappa shape index (κ3) is 4.26.